The van der Waals surface area contributed by atoms with Crippen LogP contribution in [0.15, 0.2) is 23.2 Å². The van der Waals surface area contributed by atoms with Crippen molar-refractivity contribution in [1.29, 1.82) is 0 Å². The average Bonchev–Trinajstić information content (AvgIpc) is 2.94. The van der Waals surface area contributed by atoms with Crippen molar-refractivity contribution in [2.45, 2.75) is 34.1 Å². The zero-order chi connectivity index (χ0) is 18.9. The van der Waals surface area contributed by atoms with E-state index in [9.17, 15) is 0 Å². The molecule has 1 aromatic carbocycles. The maximum atomic E-state index is 5.56. The highest BCUT2D eigenvalue weighted by Gasteiger charge is 2.08. The van der Waals surface area contributed by atoms with Crippen LogP contribution in [0.3, 0.4) is 0 Å². The van der Waals surface area contributed by atoms with Gasteiger partial charge in [0.2, 0.25) is 0 Å². The Morgan fingerprint density at radius 3 is 2.65 bits per heavy atom. The van der Waals surface area contributed by atoms with Gasteiger partial charge >= 0.3 is 0 Å². The number of rotatable bonds is 8. The molecule has 6 nitrogen and oxygen atoms in total. The Labute approximate surface area is 159 Å². The first kappa shape index (κ1) is 20.0. The van der Waals surface area contributed by atoms with E-state index in [2.05, 4.69) is 27.5 Å². The molecule has 2 N–H and O–H groups in total. The summed E-state index contributed by atoms with van der Waals surface area (Å²) in [5.74, 6) is 2.18. The van der Waals surface area contributed by atoms with E-state index in [1.807, 2.05) is 39.0 Å². The van der Waals surface area contributed by atoms with Crippen LogP contribution in [-0.4, -0.2) is 37.7 Å². The van der Waals surface area contributed by atoms with Gasteiger partial charge in [-0.15, -0.1) is 11.3 Å². The number of anilines is 1. The van der Waals surface area contributed by atoms with Gasteiger partial charge < -0.3 is 20.1 Å². The van der Waals surface area contributed by atoms with Gasteiger partial charge in [0.25, 0.3) is 0 Å². The largest absolute Gasteiger partial charge is 0.493 e. The number of thiazole rings is 1. The molecule has 0 radical (unpaired) electrons. The molecule has 0 atom stereocenters. The third kappa shape index (κ3) is 5.62. The van der Waals surface area contributed by atoms with Gasteiger partial charge in [-0.25, -0.2) is 4.98 Å². The van der Waals surface area contributed by atoms with E-state index in [0.29, 0.717) is 18.9 Å². The molecule has 142 valence electrons. The molecule has 0 aliphatic heterocycles. The minimum Gasteiger partial charge on any atom is -0.493 e. The van der Waals surface area contributed by atoms with E-state index >= 15 is 0 Å². The van der Waals surface area contributed by atoms with E-state index in [0.717, 1.165) is 41.1 Å². The Hall–Kier alpha value is -2.28. The summed E-state index contributed by atoms with van der Waals surface area (Å²) in [7, 11) is 1.64. The number of nitrogens with one attached hydrogen (secondary N) is 2. The lowest BCUT2D eigenvalue weighted by Crippen LogP contribution is -2.30. The number of nitrogens with zero attached hydrogens (tertiary/aromatic N) is 2. The van der Waals surface area contributed by atoms with Crippen LogP contribution in [0.2, 0.25) is 0 Å². The Balaban J connectivity index is 2.05. The summed E-state index contributed by atoms with van der Waals surface area (Å²) in [6.45, 7) is 10.2. The molecule has 0 spiro atoms. The fourth-order valence-corrected chi connectivity index (χ4v) is 3.46. The van der Waals surface area contributed by atoms with Gasteiger partial charge in [0, 0.05) is 36.1 Å². The SMILES string of the molecule is CCNC(=NCCc1sc(C)nc1C)Nc1ccc(OCC)c(OC)c1. The van der Waals surface area contributed by atoms with Crippen LogP contribution in [0.25, 0.3) is 0 Å². The molecule has 2 rings (SSSR count). The van der Waals surface area contributed by atoms with Crippen molar-refractivity contribution in [3.8, 4) is 11.5 Å². The van der Waals surface area contributed by atoms with Gasteiger partial charge in [0.05, 0.1) is 24.4 Å². The molecular weight excluding hydrogens is 348 g/mol. The molecule has 0 saturated heterocycles. The predicted molar refractivity (Wildman–Crippen MR) is 109 cm³/mol. The van der Waals surface area contributed by atoms with E-state index in [1.54, 1.807) is 18.4 Å². The molecule has 0 bridgehead atoms. The fourth-order valence-electron chi connectivity index (χ4n) is 2.54. The van der Waals surface area contributed by atoms with Gasteiger partial charge in [0.1, 0.15) is 0 Å². The topological polar surface area (TPSA) is 67.8 Å². The molecule has 1 aromatic heterocycles. The van der Waals surface area contributed by atoms with Gasteiger partial charge in [0.15, 0.2) is 17.5 Å². The zero-order valence-corrected chi connectivity index (χ0v) is 17.0. The highest BCUT2D eigenvalue weighted by molar-refractivity contribution is 7.11. The number of aromatic nitrogens is 1. The van der Waals surface area contributed by atoms with Crippen molar-refractivity contribution in [2.24, 2.45) is 4.99 Å². The molecule has 0 saturated carbocycles. The Morgan fingerprint density at radius 1 is 1.23 bits per heavy atom. The quantitative estimate of drug-likeness (QED) is 0.542. The first-order valence-electron chi connectivity index (χ1n) is 8.86. The summed E-state index contributed by atoms with van der Waals surface area (Å²) in [6, 6.07) is 5.77. The van der Waals surface area contributed by atoms with Crippen LogP contribution in [0.5, 0.6) is 11.5 Å². The van der Waals surface area contributed by atoms with Gasteiger partial charge in [-0.3, -0.25) is 4.99 Å². The number of hydrogen-bond acceptors (Lipinski definition) is 5. The monoisotopic (exact) mass is 376 g/mol. The van der Waals surface area contributed by atoms with Crippen molar-refractivity contribution in [3.05, 3.63) is 33.8 Å². The number of aryl methyl sites for hydroxylation is 2. The first-order valence-corrected chi connectivity index (χ1v) is 9.68. The van der Waals surface area contributed by atoms with Crippen molar-refractivity contribution in [2.75, 3.05) is 32.1 Å². The highest BCUT2D eigenvalue weighted by Crippen LogP contribution is 2.30. The smallest absolute Gasteiger partial charge is 0.195 e. The van der Waals surface area contributed by atoms with Crippen LogP contribution in [0.4, 0.5) is 5.69 Å². The lowest BCUT2D eigenvalue weighted by atomic mass is 10.2. The molecular formula is C19H28N4O2S. The van der Waals surface area contributed by atoms with Crippen molar-refractivity contribution in [3.63, 3.8) is 0 Å². The van der Waals surface area contributed by atoms with Crippen LogP contribution >= 0.6 is 11.3 Å². The lowest BCUT2D eigenvalue weighted by Gasteiger charge is -2.14. The molecule has 2 aromatic rings. The summed E-state index contributed by atoms with van der Waals surface area (Å²) >= 11 is 1.74. The number of benzene rings is 1. The van der Waals surface area contributed by atoms with E-state index < -0.39 is 0 Å². The molecule has 0 aliphatic carbocycles. The summed E-state index contributed by atoms with van der Waals surface area (Å²) in [5, 5.41) is 7.69. The number of methoxy groups -OCH3 is 1. The minimum atomic E-state index is 0.601. The second-order valence-corrected chi connectivity index (χ2v) is 6.96. The first-order chi connectivity index (χ1) is 12.6. The maximum Gasteiger partial charge on any atom is 0.195 e. The van der Waals surface area contributed by atoms with Crippen molar-refractivity contribution < 1.29 is 9.47 Å². The molecule has 26 heavy (non-hydrogen) atoms. The average molecular weight is 377 g/mol. The molecule has 0 amide bonds. The van der Waals surface area contributed by atoms with Gasteiger partial charge in [-0.2, -0.15) is 0 Å². The number of ether oxygens (including phenoxy) is 2. The van der Waals surface area contributed by atoms with Crippen molar-refractivity contribution >= 4 is 23.0 Å². The maximum absolute atomic E-state index is 5.56. The van der Waals surface area contributed by atoms with Gasteiger partial charge in [-0.05, 0) is 39.8 Å². The highest BCUT2D eigenvalue weighted by atomic mass is 32.1. The Bertz CT molecular complexity index is 743. The Kier molecular flexibility index (Phi) is 7.72. The fraction of sp³-hybridized carbons (Fsp3) is 0.474. The second kappa shape index (κ2) is 10.0. The normalized spacial score (nSPS) is 11.3. The molecule has 0 unspecified atom stereocenters. The molecule has 0 aliphatic rings. The minimum absolute atomic E-state index is 0.601. The van der Waals surface area contributed by atoms with Crippen LogP contribution in [-0.2, 0) is 6.42 Å². The third-order valence-electron chi connectivity index (χ3n) is 3.68. The summed E-state index contributed by atoms with van der Waals surface area (Å²) in [5.41, 5.74) is 2.01. The van der Waals surface area contributed by atoms with Gasteiger partial charge in [-0.1, -0.05) is 0 Å². The van der Waals surface area contributed by atoms with E-state index in [-0.39, 0.29) is 0 Å². The number of aliphatic imine (C=N–C) groups is 1. The molecule has 1 heterocycles. The van der Waals surface area contributed by atoms with Crippen molar-refractivity contribution in [1.82, 2.24) is 10.3 Å². The zero-order valence-electron chi connectivity index (χ0n) is 16.2. The Morgan fingerprint density at radius 2 is 2.04 bits per heavy atom. The summed E-state index contributed by atoms with van der Waals surface area (Å²) < 4.78 is 11.0. The number of guanidine groups is 1. The standard InChI is InChI=1S/C19H28N4O2S/c1-6-20-19(21-11-10-18-13(3)22-14(4)26-18)23-15-8-9-16(25-7-2)17(12-15)24-5/h8-9,12H,6-7,10-11H2,1-5H3,(H2,20,21,23). The molecule has 7 heteroatoms. The number of hydrogen-bond donors (Lipinski definition) is 2. The van der Waals surface area contributed by atoms with E-state index in [4.69, 9.17) is 9.47 Å². The second-order valence-electron chi connectivity index (χ2n) is 5.68. The van der Waals surface area contributed by atoms with Crippen LogP contribution in [0, 0.1) is 13.8 Å². The predicted octanol–water partition coefficient (Wildman–Crippen LogP) is 3.79. The van der Waals surface area contributed by atoms with Crippen LogP contribution in [0.1, 0.15) is 29.4 Å². The van der Waals surface area contributed by atoms with Crippen LogP contribution < -0.4 is 20.1 Å². The summed E-state index contributed by atoms with van der Waals surface area (Å²) in [6.07, 6.45) is 0.889. The third-order valence-corrected chi connectivity index (χ3v) is 4.81. The lowest BCUT2D eigenvalue weighted by molar-refractivity contribution is 0.311. The van der Waals surface area contributed by atoms with E-state index in [1.165, 1.54) is 4.88 Å². The summed E-state index contributed by atoms with van der Waals surface area (Å²) in [4.78, 5) is 10.4. The molecule has 0 fully saturated rings.